The van der Waals surface area contributed by atoms with Crippen LogP contribution in [0.25, 0.3) is 0 Å². The minimum absolute atomic E-state index is 0.0196. The van der Waals surface area contributed by atoms with Crippen LogP contribution in [0.1, 0.15) is 55.4 Å². The molecule has 142 valence electrons. The van der Waals surface area contributed by atoms with Crippen LogP contribution in [-0.2, 0) is 9.59 Å². The minimum atomic E-state index is -0.234. The number of carbonyl (C=O) groups excluding carboxylic acids is 2. The molecule has 0 heterocycles. The van der Waals surface area contributed by atoms with Gasteiger partial charge in [0.1, 0.15) is 0 Å². The van der Waals surface area contributed by atoms with Crippen molar-refractivity contribution in [1.29, 1.82) is 0 Å². The number of rotatable bonds is 7. The first-order valence-corrected chi connectivity index (χ1v) is 8.68. The summed E-state index contributed by atoms with van der Waals surface area (Å²) in [5.74, 6) is 0.0392. The Balaban J connectivity index is 4.45. The molecule has 0 aliphatic carbocycles. The molecule has 0 rings (SSSR count). The van der Waals surface area contributed by atoms with Gasteiger partial charge in [0.2, 0.25) is 11.8 Å². The van der Waals surface area contributed by atoms with Crippen molar-refractivity contribution in [2.75, 3.05) is 27.2 Å². The maximum atomic E-state index is 12.2. The number of nitrogens with one attached hydrogen (secondary N) is 2. The quantitative estimate of drug-likeness (QED) is 0.735. The number of likely N-dealkylation sites (N-methyl/N-ethyl adjacent to an activating group) is 2. The Labute approximate surface area is 148 Å². The Hall–Kier alpha value is -1.14. The third-order valence-corrected chi connectivity index (χ3v) is 3.88. The normalized spacial score (nSPS) is 15.3. The molecule has 6 nitrogen and oxygen atoms in total. The lowest BCUT2D eigenvalue weighted by Crippen LogP contribution is -2.53. The molecule has 0 bridgehead atoms. The Morgan fingerprint density at radius 1 is 0.750 bits per heavy atom. The molecule has 0 aromatic heterocycles. The van der Waals surface area contributed by atoms with E-state index in [2.05, 4.69) is 10.6 Å². The molecule has 0 aromatic carbocycles. The fraction of sp³-hybridized carbons (Fsp3) is 0.889. The first kappa shape index (κ1) is 22.9. The van der Waals surface area contributed by atoms with Gasteiger partial charge in [-0.1, -0.05) is 0 Å². The molecule has 0 saturated carbocycles. The van der Waals surface area contributed by atoms with Crippen LogP contribution in [0.5, 0.6) is 0 Å². The highest BCUT2D eigenvalue weighted by Gasteiger charge is 2.25. The summed E-state index contributed by atoms with van der Waals surface area (Å²) in [5, 5.41) is 5.99. The van der Waals surface area contributed by atoms with Crippen LogP contribution >= 0.6 is 0 Å². The van der Waals surface area contributed by atoms with E-state index in [4.69, 9.17) is 0 Å². The zero-order chi connectivity index (χ0) is 19.3. The second-order valence-electron chi connectivity index (χ2n) is 8.79. The number of amides is 2. The zero-order valence-corrected chi connectivity index (χ0v) is 17.3. The molecule has 2 amide bonds. The van der Waals surface area contributed by atoms with E-state index in [1.54, 1.807) is 0 Å². The van der Waals surface area contributed by atoms with E-state index in [1.165, 1.54) is 0 Å². The van der Waals surface area contributed by atoms with Crippen LogP contribution in [0.4, 0.5) is 0 Å². The molecule has 0 saturated heterocycles. The van der Waals surface area contributed by atoms with Gasteiger partial charge in [-0.05, 0) is 69.5 Å². The number of carbonyl (C=O) groups is 2. The summed E-state index contributed by atoms with van der Waals surface area (Å²) >= 11 is 0. The van der Waals surface area contributed by atoms with Crippen LogP contribution in [-0.4, -0.2) is 72.0 Å². The number of hydrogen-bond donors (Lipinski definition) is 2. The molecule has 6 heteroatoms. The first-order chi connectivity index (χ1) is 10.6. The summed E-state index contributed by atoms with van der Waals surface area (Å²) in [6.07, 6.45) is 0. The standard InChI is InChI=1S/C18H38N4O2/c1-13(15(23)19-17(3,4)5)21(9)11-12-22(10)14(2)16(24)20-18(6,7)8/h13-14H,11-12H2,1-10H3,(H,19,23)(H,20,24)/t13-,14-/m0/s1. The molecule has 0 aliphatic heterocycles. The fourth-order valence-electron chi connectivity index (χ4n) is 2.05. The molecule has 0 unspecified atom stereocenters. The Morgan fingerprint density at radius 2 is 1.00 bits per heavy atom. The van der Waals surface area contributed by atoms with Crippen molar-refractivity contribution in [2.45, 2.75) is 78.6 Å². The van der Waals surface area contributed by atoms with Crippen molar-refractivity contribution in [3.05, 3.63) is 0 Å². The Kier molecular flexibility index (Phi) is 8.39. The molecule has 0 radical (unpaired) electrons. The van der Waals surface area contributed by atoms with Gasteiger partial charge in [0, 0.05) is 24.2 Å². The molecule has 0 aliphatic rings. The Morgan fingerprint density at radius 3 is 1.21 bits per heavy atom. The maximum Gasteiger partial charge on any atom is 0.237 e. The third-order valence-electron chi connectivity index (χ3n) is 3.88. The second kappa shape index (κ2) is 8.81. The van der Waals surface area contributed by atoms with Gasteiger partial charge in [-0.2, -0.15) is 0 Å². The lowest BCUT2D eigenvalue weighted by atomic mass is 10.1. The van der Waals surface area contributed by atoms with Gasteiger partial charge >= 0.3 is 0 Å². The minimum Gasteiger partial charge on any atom is -0.350 e. The summed E-state index contributed by atoms with van der Waals surface area (Å²) in [7, 11) is 3.86. The highest BCUT2D eigenvalue weighted by molar-refractivity contribution is 5.82. The van der Waals surface area contributed by atoms with Gasteiger partial charge in [-0.15, -0.1) is 0 Å². The van der Waals surface area contributed by atoms with Gasteiger partial charge in [-0.3, -0.25) is 19.4 Å². The SMILES string of the molecule is C[C@@H](C(=O)NC(C)(C)C)N(C)CCN(C)[C@@H](C)C(=O)NC(C)(C)C. The zero-order valence-electron chi connectivity index (χ0n) is 17.3. The summed E-state index contributed by atoms with van der Waals surface area (Å²) in [4.78, 5) is 28.4. The van der Waals surface area contributed by atoms with E-state index in [0.717, 1.165) is 0 Å². The molecule has 0 aromatic rings. The van der Waals surface area contributed by atoms with Crippen molar-refractivity contribution >= 4 is 11.8 Å². The van der Waals surface area contributed by atoms with Crippen molar-refractivity contribution in [1.82, 2.24) is 20.4 Å². The average Bonchev–Trinajstić information content (AvgIpc) is 2.38. The highest BCUT2D eigenvalue weighted by atomic mass is 16.2. The number of hydrogen-bond acceptors (Lipinski definition) is 4. The van der Waals surface area contributed by atoms with Crippen molar-refractivity contribution < 1.29 is 9.59 Å². The van der Waals surface area contributed by atoms with Crippen LogP contribution < -0.4 is 10.6 Å². The summed E-state index contributed by atoms with van der Waals surface area (Å²) in [6, 6.07) is -0.423. The molecule has 2 atom stereocenters. The molecule has 24 heavy (non-hydrogen) atoms. The third kappa shape index (κ3) is 9.23. The van der Waals surface area contributed by atoms with Crippen LogP contribution in [0.3, 0.4) is 0 Å². The van der Waals surface area contributed by atoms with Crippen LogP contribution in [0, 0.1) is 0 Å². The van der Waals surface area contributed by atoms with Gasteiger partial charge in [0.05, 0.1) is 12.1 Å². The van der Waals surface area contributed by atoms with E-state index in [1.807, 2.05) is 79.3 Å². The summed E-state index contributed by atoms with van der Waals surface area (Å²) < 4.78 is 0. The van der Waals surface area contributed by atoms with E-state index in [0.29, 0.717) is 13.1 Å². The monoisotopic (exact) mass is 342 g/mol. The molecule has 0 spiro atoms. The fourth-order valence-corrected chi connectivity index (χ4v) is 2.05. The predicted octanol–water partition coefficient (Wildman–Crippen LogP) is 1.46. The van der Waals surface area contributed by atoms with E-state index in [9.17, 15) is 9.59 Å². The Bertz CT molecular complexity index is 384. The predicted molar refractivity (Wildman–Crippen MR) is 100.0 cm³/mol. The van der Waals surface area contributed by atoms with Crippen LogP contribution in [0.2, 0.25) is 0 Å². The largest absolute Gasteiger partial charge is 0.350 e. The lowest BCUT2D eigenvalue weighted by Gasteiger charge is -2.32. The molecular weight excluding hydrogens is 304 g/mol. The van der Waals surface area contributed by atoms with Crippen molar-refractivity contribution in [3.63, 3.8) is 0 Å². The first-order valence-electron chi connectivity index (χ1n) is 8.68. The van der Waals surface area contributed by atoms with Crippen LogP contribution in [0.15, 0.2) is 0 Å². The highest BCUT2D eigenvalue weighted by Crippen LogP contribution is 2.05. The van der Waals surface area contributed by atoms with Gasteiger partial charge in [0.25, 0.3) is 0 Å². The van der Waals surface area contributed by atoms with Crippen molar-refractivity contribution in [3.8, 4) is 0 Å². The van der Waals surface area contributed by atoms with Crippen molar-refractivity contribution in [2.24, 2.45) is 0 Å². The summed E-state index contributed by atoms with van der Waals surface area (Å²) in [5.41, 5.74) is -0.467. The second-order valence-corrected chi connectivity index (χ2v) is 8.79. The average molecular weight is 343 g/mol. The van der Waals surface area contributed by atoms with E-state index >= 15 is 0 Å². The van der Waals surface area contributed by atoms with Gasteiger partial charge < -0.3 is 10.6 Å². The number of nitrogens with zero attached hydrogens (tertiary/aromatic N) is 2. The van der Waals surface area contributed by atoms with Gasteiger partial charge in [-0.25, -0.2) is 0 Å². The molecule has 0 fully saturated rings. The summed E-state index contributed by atoms with van der Waals surface area (Å²) in [6.45, 7) is 17.1. The maximum absolute atomic E-state index is 12.2. The topological polar surface area (TPSA) is 64.7 Å². The lowest BCUT2D eigenvalue weighted by molar-refractivity contribution is -0.128. The molecule has 2 N–H and O–H groups in total. The smallest absolute Gasteiger partial charge is 0.237 e. The van der Waals surface area contributed by atoms with E-state index in [-0.39, 0.29) is 35.0 Å². The molecular formula is C18H38N4O2. The van der Waals surface area contributed by atoms with E-state index < -0.39 is 0 Å². The van der Waals surface area contributed by atoms with Gasteiger partial charge in [0.15, 0.2) is 0 Å².